The summed E-state index contributed by atoms with van der Waals surface area (Å²) < 4.78 is 30.6. The largest absolute Gasteiger partial charge is 0.485 e. The number of fused-ring (bicyclic) bond motifs is 1. The quantitative estimate of drug-likeness (QED) is 0.881. The number of nitriles is 1. The van der Waals surface area contributed by atoms with E-state index in [2.05, 4.69) is 0 Å². The number of aliphatic hydroxyl groups excluding tert-OH is 1. The molecule has 2 rings (SSSR count). The van der Waals surface area contributed by atoms with Crippen LogP contribution in [0.25, 0.3) is 0 Å². The first kappa shape index (κ1) is 15.8. The monoisotopic (exact) mass is 310 g/mol. The molecule has 6 nitrogen and oxygen atoms in total. The van der Waals surface area contributed by atoms with Gasteiger partial charge >= 0.3 is 0 Å². The number of ether oxygens (including phenoxy) is 1. The Kier molecular flexibility index (Phi) is 3.74. The number of aliphatic hydroxyl groups is 1. The van der Waals surface area contributed by atoms with Crippen LogP contribution in [0.1, 0.15) is 31.0 Å². The highest BCUT2D eigenvalue weighted by atomic mass is 32.2. The molecule has 1 heterocycles. The van der Waals surface area contributed by atoms with Crippen molar-refractivity contribution in [3.63, 3.8) is 0 Å². The fraction of sp³-hybridized carbons (Fsp3) is 0.500. The average molecular weight is 310 g/mol. The molecule has 0 saturated heterocycles. The van der Waals surface area contributed by atoms with E-state index in [0.717, 1.165) is 10.6 Å². The van der Waals surface area contributed by atoms with Gasteiger partial charge < -0.3 is 9.84 Å². The van der Waals surface area contributed by atoms with Gasteiger partial charge in [-0.3, -0.25) is 0 Å². The van der Waals surface area contributed by atoms with Crippen LogP contribution in [0, 0.1) is 11.3 Å². The van der Waals surface area contributed by atoms with Crippen molar-refractivity contribution in [1.82, 2.24) is 4.31 Å². The normalized spacial score (nSPS) is 24.0. The minimum absolute atomic E-state index is 0.385. The van der Waals surface area contributed by atoms with E-state index in [4.69, 9.17) is 10.00 Å². The first-order chi connectivity index (χ1) is 9.58. The highest BCUT2D eigenvalue weighted by Gasteiger charge is 2.46. The Morgan fingerprint density at radius 3 is 2.57 bits per heavy atom. The van der Waals surface area contributed by atoms with Crippen molar-refractivity contribution in [3.8, 4) is 11.8 Å². The van der Waals surface area contributed by atoms with Crippen LogP contribution in [0.4, 0.5) is 0 Å². The van der Waals surface area contributed by atoms with E-state index < -0.39 is 27.8 Å². The van der Waals surface area contributed by atoms with Crippen LogP contribution in [-0.2, 0) is 10.0 Å². The zero-order chi connectivity index (χ0) is 16.0. The number of hydrogen-bond donors (Lipinski definition) is 1. The van der Waals surface area contributed by atoms with Crippen molar-refractivity contribution < 1.29 is 18.3 Å². The first-order valence-electron chi connectivity index (χ1n) is 6.42. The summed E-state index contributed by atoms with van der Waals surface area (Å²) in [5, 5.41) is 19.5. The second kappa shape index (κ2) is 4.98. The molecular weight excluding hydrogens is 292 g/mol. The molecule has 0 aromatic heterocycles. The number of hydrogen-bond acceptors (Lipinski definition) is 5. The summed E-state index contributed by atoms with van der Waals surface area (Å²) in [5.74, 6) is 0.477. The minimum Gasteiger partial charge on any atom is -0.485 e. The lowest BCUT2D eigenvalue weighted by atomic mass is 9.86. The maximum absolute atomic E-state index is 11.9. The Balaban J connectivity index is 2.65. The van der Waals surface area contributed by atoms with Crippen molar-refractivity contribution >= 4 is 10.0 Å². The van der Waals surface area contributed by atoms with Crippen LogP contribution < -0.4 is 4.74 Å². The van der Waals surface area contributed by atoms with Gasteiger partial charge in [-0.2, -0.15) is 9.57 Å². The number of benzene rings is 1. The number of likely N-dealkylation sites (N-methyl/N-ethyl adjacent to an activating group) is 1. The Bertz CT molecular complexity index is 706. The Hall–Kier alpha value is -1.62. The van der Waals surface area contributed by atoms with Crippen molar-refractivity contribution in [2.75, 3.05) is 13.3 Å². The van der Waals surface area contributed by atoms with Crippen LogP contribution in [0.5, 0.6) is 5.75 Å². The maximum Gasteiger partial charge on any atom is 0.211 e. The van der Waals surface area contributed by atoms with E-state index in [-0.39, 0.29) is 0 Å². The Morgan fingerprint density at radius 1 is 1.43 bits per heavy atom. The molecule has 0 bridgehead atoms. The van der Waals surface area contributed by atoms with E-state index in [1.165, 1.54) is 7.05 Å². The van der Waals surface area contributed by atoms with Gasteiger partial charge in [0.05, 0.1) is 23.9 Å². The standard InChI is InChI=1S/C14H18N2O4S/c1-14(2)13(17)12(16(3)21(4,18)19)10-7-9(8-15)5-6-11(10)20-14/h5-7,12-13,17H,1-4H3. The fourth-order valence-electron chi connectivity index (χ4n) is 2.44. The lowest BCUT2D eigenvalue weighted by molar-refractivity contribution is -0.0763. The third-order valence-corrected chi connectivity index (χ3v) is 5.03. The molecule has 0 radical (unpaired) electrons. The van der Waals surface area contributed by atoms with E-state index in [1.54, 1.807) is 32.0 Å². The molecule has 1 aromatic carbocycles. The number of rotatable bonds is 2. The smallest absolute Gasteiger partial charge is 0.211 e. The summed E-state index contributed by atoms with van der Waals surface area (Å²) >= 11 is 0. The van der Waals surface area contributed by atoms with Crippen molar-refractivity contribution in [2.45, 2.75) is 31.6 Å². The van der Waals surface area contributed by atoms with Gasteiger partial charge in [0.2, 0.25) is 10.0 Å². The zero-order valence-electron chi connectivity index (χ0n) is 12.4. The topological polar surface area (TPSA) is 90.6 Å². The lowest BCUT2D eigenvalue weighted by Gasteiger charge is -2.44. The lowest BCUT2D eigenvalue weighted by Crippen LogP contribution is -2.53. The summed E-state index contributed by atoms with van der Waals surface area (Å²) in [6, 6.07) is 5.99. The summed E-state index contributed by atoms with van der Waals surface area (Å²) in [7, 11) is -2.10. The second-order valence-corrected chi connectivity index (χ2v) is 7.78. The molecular formula is C14H18N2O4S. The zero-order valence-corrected chi connectivity index (χ0v) is 13.2. The van der Waals surface area contributed by atoms with Gasteiger partial charge in [-0.05, 0) is 32.0 Å². The first-order valence-corrected chi connectivity index (χ1v) is 8.27. The summed E-state index contributed by atoms with van der Waals surface area (Å²) in [6.07, 6.45) is 0.0226. The van der Waals surface area contributed by atoms with Crippen molar-refractivity contribution in [3.05, 3.63) is 29.3 Å². The van der Waals surface area contributed by atoms with Crippen molar-refractivity contribution in [2.24, 2.45) is 0 Å². The number of nitrogens with zero attached hydrogens (tertiary/aromatic N) is 2. The second-order valence-electron chi connectivity index (χ2n) is 5.74. The molecule has 0 fully saturated rings. The maximum atomic E-state index is 11.9. The van der Waals surface area contributed by atoms with Gasteiger partial charge in [0.15, 0.2) is 0 Å². The number of sulfonamides is 1. The van der Waals surface area contributed by atoms with Crippen LogP contribution in [-0.4, -0.2) is 42.8 Å². The molecule has 0 aliphatic carbocycles. The van der Waals surface area contributed by atoms with Gasteiger partial charge in [0, 0.05) is 12.6 Å². The Labute approximate surface area is 124 Å². The molecule has 1 N–H and O–H groups in total. The predicted molar refractivity (Wildman–Crippen MR) is 77.2 cm³/mol. The molecule has 0 saturated carbocycles. The predicted octanol–water partition coefficient (Wildman–Crippen LogP) is 1.02. The average Bonchev–Trinajstić information content (AvgIpc) is 2.38. The summed E-state index contributed by atoms with van der Waals surface area (Å²) in [4.78, 5) is 0. The third-order valence-electron chi connectivity index (χ3n) is 3.76. The van der Waals surface area contributed by atoms with Crippen LogP contribution in [0.2, 0.25) is 0 Å². The van der Waals surface area contributed by atoms with Crippen LogP contribution >= 0.6 is 0 Å². The van der Waals surface area contributed by atoms with Crippen LogP contribution in [0.3, 0.4) is 0 Å². The third kappa shape index (κ3) is 2.75. The van der Waals surface area contributed by atoms with Gasteiger partial charge in [-0.1, -0.05) is 0 Å². The van der Waals surface area contributed by atoms with Crippen molar-refractivity contribution in [1.29, 1.82) is 5.26 Å². The summed E-state index contributed by atoms with van der Waals surface area (Å²) in [6.45, 7) is 3.39. The molecule has 0 amide bonds. The molecule has 1 aromatic rings. The van der Waals surface area contributed by atoms with Gasteiger partial charge in [-0.15, -0.1) is 0 Å². The van der Waals surface area contributed by atoms with Gasteiger partial charge in [0.1, 0.15) is 17.5 Å². The van der Waals surface area contributed by atoms with Gasteiger partial charge in [0.25, 0.3) is 0 Å². The summed E-state index contributed by atoms with van der Waals surface area (Å²) in [5.41, 5.74) is -0.0601. The molecule has 114 valence electrons. The molecule has 0 spiro atoms. The highest BCUT2D eigenvalue weighted by molar-refractivity contribution is 7.88. The fourth-order valence-corrected chi connectivity index (χ4v) is 3.08. The molecule has 2 atom stereocenters. The minimum atomic E-state index is -3.51. The van der Waals surface area contributed by atoms with E-state index in [1.807, 2.05) is 6.07 Å². The molecule has 7 heteroatoms. The molecule has 2 unspecified atom stereocenters. The van der Waals surface area contributed by atoms with E-state index in [9.17, 15) is 13.5 Å². The molecule has 21 heavy (non-hydrogen) atoms. The highest BCUT2D eigenvalue weighted by Crippen LogP contribution is 2.43. The van der Waals surface area contributed by atoms with Crippen LogP contribution in [0.15, 0.2) is 18.2 Å². The van der Waals surface area contributed by atoms with E-state index >= 15 is 0 Å². The SMILES string of the molecule is CN(C1c2cc(C#N)ccc2OC(C)(C)C1O)S(C)(=O)=O. The van der Waals surface area contributed by atoms with E-state index in [0.29, 0.717) is 16.9 Å². The Morgan fingerprint density at radius 2 is 2.05 bits per heavy atom. The molecule has 1 aliphatic heterocycles. The van der Waals surface area contributed by atoms with Gasteiger partial charge in [-0.25, -0.2) is 8.42 Å². The molecule has 1 aliphatic rings.